The van der Waals surface area contributed by atoms with E-state index >= 15 is 0 Å². The molecule has 0 N–H and O–H groups in total. The Morgan fingerprint density at radius 2 is 1.61 bits per heavy atom. The molecule has 2 amide bonds. The number of imide groups is 1. The molecule has 2 aromatic rings. The molecule has 1 heterocycles. The van der Waals surface area contributed by atoms with Crippen molar-refractivity contribution in [2.45, 2.75) is 36.2 Å². The van der Waals surface area contributed by atoms with E-state index < -0.39 is 27.9 Å². The molecule has 0 radical (unpaired) electrons. The van der Waals surface area contributed by atoms with E-state index in [0.29, 0.717) is 23.6 Å². The molecule has 2 fully saturated rings. The number of amides is 2. The van der Waals surface area contributed by atoms with Crippen molar-refractivity contribution < 1.29 is 18.0 Å². The second kappa shape index (κ2) is 7.26. The zero-order valence-electron chi connectivity index (χ0n) is 14.6. The van der Waals surface area contributed by atoms with E-state index in [1.165, 1.54) is 28.6 Å². The summed E-state index contributed by atoms with van der Waals surface area (Å²) >= 11 is 9.18. The van der Waals surface area contributed by atoms with Crippen molar-refractivity contribution >= 4 is 55.1 Å². The van der Waals surface area contributed by atoms with Gasteiger partial charge in [0.1, 0.15) is 6.04 Å². The first-order chi connectivity index (χ1) is 13.3. The number of halogens is 2. The van der Waals surface area contributed by atoms with Crippen LogP contribution in [0.4, 0.5) is 5.69 Å². The molecule has 2 aliphatic rings. The molecule has 1 saturated carbocycles. The maximum atomic E-state index is 13.2. The zero-order chi connectivity index (χ0) is 20.1. The lowest BCUT2D eigenvalue weighted by molar-refractivity contribution is -0.122. The summed E-state index contributed by atoms with van der Waals surface area (Å²) in [5.41, 5.74) is 0.431. The third-order valence-electron chi connectivity index (χ3n) is 4.81. The van der Waals surface area contributed by atoms with Crippen LogP contribution in [0, 0.1) is 0 Å². The molecule has 0 bridgehead atoms. The van der Waals surface area contributed by atoms with Crippen LogP contribution in [0.2, 0.25) is 5.02 Å². The molecule has 1 aliphatic carbocycles. The standard InChI is InChI=1S/C19H16BrClN2O4S/c20-12-1-5-14(6-2-12)22-18(24)11-17(19(22)25)23(15-7-8-15)28(26,27)16-9-3-13(21)4-10-16/h1-6,9-10,15,17H,7-8,11H2. The van der Waals surface area contributed by atoms with Gasteiger partial charge in [-0.15, -0.1) is 0 Å². The minimum Gasteiger partial charge on any atom is -0.274 e. The number of hydrogen-bond acceptors (Lipinski definition) is 4. The van der Waals surface area contributed by atoms with Gasteiger partial charge in [-0.05, 0) is 61.4 Å². The van der Waals surface area contributed by atoms with Crippen molar-refractivity contribution in [2.24, 2.45) is 0 Å². The Bertz CT molecular complexity index is 1040. The first-order valence-corrected chi connectivity index (χ1v) is 11.3. The summed E-state index contributed by atoms with van der Waals surface area (Å²) < 4.78 is 28.5. The Morgan fingerprint density at radius 3 is 2.18 bits per heavy atom. The van der Waals surface area contributed by atoms with Crippen molar-refractivity contribution in [1.29, 1.82) is 0 Å². The van der Waals surface area contributed by atoms with Crippen LogP contribution < -0.4 is 4.90 Å². The van der Waals surface area contributed by atoms with Gasteiger partial charge in [0.05, 0.1) is 17.0 Å². The number of nitrogens with zero attached hydrogens (tertiary/aromatic N) is 2. The molecule has 28 heavy (non-hydrogen) atoms. The number of benzene rings is 2. The van der Waals surface area contributed by atoms with Crippen molar-refractivity contribution in [3.05, 3.63) is 58.0 Å². The zero-order valence-corrected chi connectivity index (χ0v) is 17.7. The average molecular weight is 484 g/mol. The number of carbonyl (C=O) groups excluding carboxylic acids is 2. The van der Waals surface area contributed by atoms with Gasteiger partial charge in [-0.2, -0.15) is 4.31 Å². The molecule has 2 aromatic carbocycles. The highest BCUT2D eigenvalue weighted by Gasteiger charge is 2.51. The first-order valence-electron chi connectivity index (χ1n) is 8.70. The van der Waals surface area contributed by atoms with E-state index in [0.717, 1.165) is 9.37 Å². The molecular weight excluding hydrogens is 468 g/mol. The maximum Gasteiger partial charge on any atom is 0.252 e. The summed E-state index contributed by atoms with van der Waals surface area (Å²) in [5, 5.41) is 0.422. The Labute approximate surface area is 176 Å². The lowest BCUT2D eigenvalue weighted by atomic mass is 10.2. The Hall–Kier alpha value is -1.74. The molecule has 4 rings (SSSR count). The highest BCUT2D eigenvalue weighted by atomic mass is 79.9. The van der Waals surface area contributed by atoms with Crippen LogP contribution in [-0.4, -0.2) is 36.6 Å². The van der Waals surface area contributed by atoms with Gasteiger partial charge in [0.2, 0.25) is 15.9 Å². The van der Waals surface area contributed by atoms with E-state index in [2.05, 4.69) is 15.9 Å². The van der Waals surface area contributed by atoms with Crippen molar-refractivity contribution in [3.63, 3.8) is 0 Å². The van der Waals surface area contributed by atoms with Crippen LogP contribution in [0.15, 0.2) is 57.9 Å². The predicted molar refractivity (Wildman–Crippen MR) is 109 cm³/mol. The van der Waals surface area contributed by atoms with Crippen LogP contribution in [0.5, 0.6) is 0 Å². The first kappa shape index (κ1) is 19.6. The third kappa shape index (κ3) is 3.50. The predicted octanol–water partition coefficient (Wildman–Crippen LogP) is 3.59. The highest BCUT2D eigenvalue weighted by molar-refractivity contribution is 9.10. The van der Waals surface area contributed by atoms with Gasteiger partial charge in [-0.3, -0.25) is 9.59 Å². The molecule has 146 valence electrons. The van der Waals surface area contributed by atoms with Gasteiger partial charge in [0.15, 0.2) is 0 Å². The molecule has 0 spiro atoms. The van der Waals surface area contributed by atoms with Gasteiger partial charge >= 0.3 is 0 Å². The fourth-order valence-electron chi connectivity index (χ4n) is 3.35. The van der Waals surface area contributed by atoms with Crippen LogP contribution in [0.3, 0.4) is 0 Å². The number of anilines is 1. The van der Waals surface area contributed by atoms with Crippen LogP contribution in [-0.2, 0) is 19.6 Å². The summed E-state index contributed by atoms with van der Waals surface area (Å²) in [6, 6.07) is 11.3. The molecule has 6 nitrogen and oxygen atoms in total. The SMILES string of the molecule is O=C1CC(N(C2CC2)S(=O)(=O)c2ccc(Cl)cc2)C(=O)N1c1ccc(Br)cc1. The van der Waals surface area contributed by atoms with E-state index in [1.54, 1.807) is 24.3 Å². The molecule has 1 saturated heterocycles. The molecular formula is C19H16BrClN2O4S. The van der Waals surface area contributed by atoms with E-state index in [9.17, 15) is 18.0 Å². The van der Waals surface area contributed by atoms with E-state index in [-0.39, 0.29) is 17.4 Å². The average Bonchev–Trinajstić information content (AvgIpc) is 3.43. The van der Waals surface area contributed by atoms with Crippen molar-refractivity contribution in [2.75, 3.05) is 4.90 Å². The van der Waals surface area contributed by atoms with Gasteiger partial charge < -0.3 is 0 Å². The Morgan fingerprint density at radius 1 is 1.00 bits per heavy atom. The normalized spacial score (nSPS) is 20.2. The summed E-state index contributed by atoms with van der Waals surface area (Å²) in [7, 11) is -3.94. The second-order valence-corrected chi connectivity index (χ2v) is 9.98. The summed E-state index contributed by atoms with van der Waals surface area (Å²) in [6.07, 6.45) is 1.17. The topological polar surface area (TPSA) is 74.8 Å². The Kier molecular flexibility index (Phi) is 5.07. The lowest BCUT2D eigenvalue weighted by Crippen LogP contribution is -2.46. The van der Waals surface area contributed by atoms with E-state index in [1.807, 2.05) is 0 Å². The number of carbonyl (C=O) groups is 2. The maximum absolute atomic E-state index is 13.2. The summed E-state index contributed by atoms with van der Waals surface area (Å²) in [6.45, 7) is 0. The van der Waals surface area contributed by atoms with Crippen LogP contribution >= 0.6 is 27.5 Å². The molecule has 1 atom stereocenters. The molecule has 1 unspecified atom stereocenters. The lowest BCUT2D eigenvalue weighted by Gasteiger charge is -2.26. The summed E-state index contributed by atoms with van der Waals surface area (Å²) in [4.78, 5) is 26.8. The minimum atomic E-state index is -3.94. The minimum absolute atomic E-state index is 0.0612. The third-order valence-corrected chi connectivity index (χ3v) is 7.57. The number of hydrogen-bond donors (Lipinski definition) is 0. The largest absolute Gasteiger partial charge is 0.274 e. The smallest absolute Gasteiger partial charge is 0.252 e. The van der Waals surface area contributed by atoms with Crippen molar-refractivity contribution in [1.82, 2.24) is 4.31 Å². The van der Waals surface area contributed by atoms with Gasteiger partial charge in [0, 0.05) is 15.5 Å². The number of sulfonamides is 1. The fraction of sp³-hybridized carbons (Fsp3) is 0.263. The molecule has 9 heteroatoms. The second-order valence-electron chi connectivity index (χ2n) is 6.78. The highest BCUT2D eigenvalue weighted by Crippen LogP contribution is 2.38. The quantitative estimate of drug-likeness (QED) is 0.609. The monoisotopic (exact) mass is 482 g/mol. The Balaban J connectivity index is 1.69. The molecule has 1 aliphatic heterocycles. The molecule has 0 aromatic heterocycles. The number of rotatable bonds is 5. The van der Waals surface area contributed by atoms with Crippen molar-refractivity contribution in [3.8, 4) is 0 Å². The van der Waals surface area contributed by atoms with Crippen LogP contribution in [0.1, 0.15) is 19.3 Å². The van der Waals surface area contributed by atoms with Gasteiger partial charge in [0.25, 0.3) is 5.91 Å². The summed E-state index contributed by atoms with van der Waals surface area (Å²) in [5.74, 6) is -0.925. The van der Waals surface area contributed by atoms with Crippen LogP contribution in [0.25, 0.3) is 0 Å². The van der Waals surface area contributed by atoms with Gasteiger partial charge in [-0.25, -0.2) is 13.3 Å². The van der Waals surface area contributed by atoms with Gasteiger partial charge in [-0.1, -0.05) is 27.5 Å². The fourth-order valence-corrected chi connectivity index (χ4v) is 5.57. The van der Waals surface area contributed by atoms with E-state index in [4.69, 9.17) is 11.6 Å².